The van der Waals surface area contributed by atoms with Crippen LogP contribution in [0.2, 0.25) is 0 Å². The normalized spacial score (nSPS) is 10.0. The minimum absolute atomic E-state index is 0.391. The van der Waals surface area contributed by atoms with Gasteiger partial charge in [-0.25, -0.2) is 0 Å². The highest BCUT2D eigenvalue weighted by molar-refractivity contribution is 7.08. The second-order valence-corrected chi connectivity index (χ2v) is 4.21. The van der Waals surface area contributed by atoms with Crippen molar-refractivity contribution in [2.24, 2.45) is 5.73 Å². The monoisotopic (exact) mass is 232 g/mol. The van der Waals surface area contributed by atoms with E-state index in [0.29, 0.717) is 12.1 Å². The third kappa shape index (κ3) is 2.61. The molecule has 2 rings (SSSR count). The molecule has 3 nitrogen and oxygen atoms in total. The lowest BCUT2D eigenvalue weighted by Crippen LogP contribution is -2.11. The zero-order valence-electron chi connectivity index (χ0n) is 8.64. The second-order valence-electron chi connectivity index (χ2n) is 3.43. The highest BCUT2D eigenvalue weighted by Gasteiger charge is 2.01. The molecule has 82 valence electrons. The fourth-order valence-electron chi connectivity index (χ4n) is 1.40. The highest BCUT2D eigenvalue weighted by atomic mass is 32.1. The molecular weight excluding hydrogens is 220 g/mol. The summed E-state index contributed by atoms with van der Waals surface area (Å²) in [6.07, 6.45) is 0. The van der Waals surface area contributed by atoms with E-state index in [9.17, 15) is 4.79 Å². The minimum Gasteiger partial charge on any atom is -0.380 e. The minimum atomic E-state index is -0.391. The van der Waals surface area contributed by atoms with Crippen LogP contribution in [0.1, 0.15) is 15.9 Å². The number of amides is 1. The molecule has 4 heteroatoms. The summed E-state index contributed by atoms with van der Waals surface area (Å²) in [7, 11) is 0. The van der Waals surface area contributed by atoms with Gasteiger partial charge >= 0.3 is 0 Å². The lowest BCUT2D eigenvalue weighted by atomic mass is 10.1. The summed E-state index contributed by atoms with van der Waals surface area (Å²) in [6, 6.07) is 9.34. The maximum Gasteiger partial charge on any atom is 0.248 e. The summed E-state index contributed by atoms with van der Waals surface area (Å²) in [5.74, 6) is -0.391. The SMILES string of the molecule is NC(=O)c1cccc(CNc2ccsc2)c1. The van der Waals surface area contributed by atoms with Gasteiger partial charge < -0.3 is 11.1 Å². The van der Waals surface area contributed by atoms with Gasteiger partial charge in [0.25, 0.3) is 0 Å². The average Bonchev–Trinajstić information content (AvgIpc) is 2.79. The van der Waals surface area contributed by atoms with E-state index in [1.807, 2.05) is 35.0 Å². The maximum atomic E-state index is 11.0. The Morgan fingerprint density at radius 3 is 2.94 bits per heavy atom. The molecule has 0 aliphatic carbocycles. The Bertz CT molecular complexity index is 480. The van der Waals surface area contributed by atoms with Gasteiger partial charge in [0.1, 0.15) is 0 Å². The van der Waals surface area contributed by atoms with Crippen LogP contribution in [0.25, 0.3) is 0 Å². The Kier molecular flexibility index (Phi) is 3.22. The van der Waals surface area contributed by atoms with Gasteiger partial charge in [-0.05, 0) is 29.1 Å². The van der Waals surface area contributed by atoms with Crippen molar-refractivity contribution in [1.82, 2.24) is 0 Å². The predicted octanol–water partition coefficient (Wildman–Crippen LogP) is 2.46. The van der Waals surface area contributed by atoms with Crippen LogP contribution < -0.4 is 11.1 Å². The van der Waals surface area contributed by atoms with Gasteiger partial charge in [0.2, 0.25) is 5.91 Å². The smallest absolute Gasteiger partial charge is 0.248 e. The first kappa shape index (κ1) is 10.7. The number of carbonyl (C=O) groups is 1. The number of nitrogens with two attached hydrogens (primary N) is 1. The third-order valence-electron chi connectivity index (χ3n) is 2.23. The van der Waals surface area contributed by atoms with Gasteiger partial charge in [-0.2, -0.15) is 11.3 Å². The number of rotatable bonds is 4. The van der Waals surface area contributed by atoms with Crippen molar-refractivity contribution in [2.45, 2.75) is 6.54 Å². The summed E-state index contributed by atoms with van der Waals surface area (Å²) in [5, 5.41) is 7.32. The van der Waals surface area contributed by atoms with Gasteiger partial charge in [-0.15, -0.1) is 0 Å². The molecule has 0 bridgehead atoms. The standard InChI is InChI=1S/C12H12N2OS/c13-12(15)10-3-1-2-9(6-10)7-14-11-4-5-16-8-11/h1-6,8,14H,7H2,(H2,13,15). The maximum absolute atomic E-state index is 11.0. The van der Waals surface area contributed by atoms with Crippen LogP contribution in [0.5, 0.6) is 0 Å². The predicted molar refractivity (Wildman–Crippen MR) is 66.6 cm³/mol. The number of nitrogens with one attached hydrogen (secondary N) is 1. The van der Waals surface area contributed by atoms with Crippen LogP contribution >= 0.6 is 11.3 Å². The first-order valence-corrected chi connectivity index (χ1v) is 5.85. The Balaban J connectivity index is 2.04. The van der Waals surface area contributed by atoms with Gasteiger partial charge in [-0.1, -0.05) is 12.1 Å². The molecule has 1 heterocycles. The van der Waals surface area contributed by atoms with Crippen LogP contribution in [0.4, 0.5) is 5.69 Å². The molecule has 0 atom stereocenters. The quantitative estimate of drug-likeness (QED) is 0.850. The number of benzene rings is 1. The molecule has 1 amide bonds. The number of hydrogen-bond donors (Lipinski definition) is 2. The van der Waals surface area contributed by atoms with Crippen molar-refractivity contribution < 1.29 is 4.79 Å². The zero-order chi connectivity index (χ0) is 11.4. The van der Waals surface area contributed by atoms with E-state index in [-0.39, 0.29) is 0 Å². The molecule has 0 spiro atoms. The molecule has 0 aliphatic heterocycles. The summed E-state index contributed by atoms with van der Waals surface area (Å²) in [6.45, 7) is 0.692. The van der Waals surface area contributed by atoms with Crippen LogP contribution in [-0.2, 0) is 6.54 Å². The zero-order valence-corrected chi connectivity index (χ0v) is 9.46. The van der Waals surface area contributed by atoms with Crippen molar-refractivity contribution >= 4 is 22.9 Å². The van der Waals surface area contributed by atoms with E-state index < -0.39 is 5.91 Å². The van der Waals surface area contributed by atoms with Crippen LogP contribution in [0.15, 0.2) is 41.1 Å². The molecular formula is C12H12N2OS. The second kappa shape index (κ2) is 4.81. The fourth-order valence-corrected chi connectivity index (χ4v) is 2.02. The van der Waals surface area contributed by atoms with Gasteiger partial charge in [0.15, 0.2) is 0 Å². The van der Waals surface area contributed by atoms with E-state index in [1.54, 1.807) is 17.4 Å². The number of primary amides is 1. The van der Waals surface area contributed by atoms with Gasteiger partial charge in [-0.3, -0.25) is 4.79 Å². The molecule has 1 aromatic carbocycles. The fraction of sp³-hybridized carbons (Fsp3) is 0.0833. The first-order chi connectivity index (χ1) is 7.75. The third-order valence-corrected chi connectivity index (χ3v) is 2.91. The largest absolute Gasteiger partial charge is 0.380 e. The first-order valence-electron chi connectivity index (χ1n) is 4.90. The highest BCUT2D eigenvalue weighted by Crippen LogP contribution is 2.13. The van der Waals surface area contributed by atoms with Crippen molar-refractivity contribution in [3.63, 3.8) is 0 Å². The summed E-state index contributed by atoms with van der Waals surface area (Å²) in [5.41, 5.74) is 7.90. The summed E-state index contributed by atoms with van der Waals surface area (Å²) >= 11 is 1.65. The summed E-state index contributed by atoms with van der Waals surface area (Å²) < 4.78 is 0. The molecule has 0 unspecified atom stereocenters. The number of hydrogen-bond acceptors (Lipinski definition) is 3. The molecule has 0 fully saturated rings. The molecule has 2 aromatic rings. The molecule has 0 aliphatic rings. The van der Waals surface area contributed by atoms with E-state index >= 15 is 0 Å². The Morgan fingerprint density at radius 1 is 1.38 bits per heavy atom. The van der Waals surface area contributed by atoms with Crippen molar-refractivity contribution in [3.05, 3.63) is 52.2 Å². The van der Waals surface area contributed by atoms with Crippen molar-refractivity contribution in [2.75, 3.05) is 5.32 Å². The number of anilines is 1. The topological polar surface area (TPSA) is 55.1 Å². The van der Waals surface area contributed by atoms with Crippen molar-refractivity contribution in [1.29, 1.82) is 0 Å². The lowest BCUT2D eigenvalue weighted by molar-refractivity contribution is 0.1000. The van der Waals surface area contributed by atoms with Gasteiger partial charge in [0.05, 0.1) is 0 Å². The van der Waals surface area contributed by atoms with E-state index in [0.717, 1.165) is 11.3 Å². The Labute approximate surface area is 97.9 Å². The molecule has 16 heavy (non-hydrogen) atoms. The van der Waals surface area contributed by atoms with Gasteiger partial charge in [0, 0.05) is 23.2 Å². The average molecular weight is 232 g/mol. The Hall–Kier alpha value is -1.81. The van der Waals surface area contributed by atoms with Crippen LogP contribution in [0, 0.1) is 0 Å². The van der Waals surface area contributed by atoms with Crippen LogP contribution in [0.3, 0.4) is 0 Å². The summed E-state index contributed by atoms with van der Waals surface area (Å²) in [4.78, 5) is 11.0. The lowest BCUT2D eigenvalue weighted by Gasteiger charge is -2.05. The van der Waals surface area contributed by atoms with E-state index in [4.69, 9.17) is 5.73 Å². The molecule has 3 N–H and O–H groups in total. The Morgan fingerprint density at radius 2 is 2.25 bits per heavy atom. The molecule has 1 aromatic heterocycles. The van der Waals surface area contributed by atoms with E-state index in [2.05, 4.69) is 5.32 Å². The van der Waals surface area contributed by atoms with Crippen molar-refractivity contribution in [3.8, 4) is 0 Å². The number of carbonyl (C=O) groups excluding carboxylic acids is 1. The number of thiophene rings is 1. The molecule has 0 radical (unpaired) electrons. The molecule has 0 saturated heterocycles. The molecule has 0 saturated carbocycles. The van der Waals surface area contributed by atoms with Crippen LogP contribution in [-0.4, -0.2) is 5.91 Å². The van der Waals surface area contributed by atoms with E-state index in [1.165, 1.54) is 0 Å².